The maximum Gasteiger partial charge on any atom is 0.310 e. The van der Waals surface area contributed by atoms with Gasteiger partial charge in [-0.2, -0.15) is 0 Å². The SMILES string of the molecule is Nc1ccc([C@@H]2[C@@H](OC=O)[C@@H](C(=O)O)[C@@H]2c2ccc(N)cc2)cc1. The molecule has 0 saturated heterocycles. The number of nitrogens with two attached hydrogens (primary N) is 2. The molecule has 6 heteroatoms. The molecule has 0 spiro atoms. The molecule has 1 aliphatic rings. The van der Waals surface area contributed by atoms with Crippen molar-refractivity contribution < 1.29 is 19.4 Å². The molecule has 0 bridgehead atoms. The summed E-state index contributed by atoms with van der Waals surface area (Å²) < 4.78 is 5.11. The van der Waals surface area contributed by atoms with Gasteiger partial charge in [0.2, 0.25) is 0 Å². The Balaban J connectivity index is 2.03. The van der Waals surface area contributed by atoms with Crippen LogP contribution in [-0.2, 0) is 14.3 Å². The number of benzene rings is 2. The van der Waals surface area contributed by atoms with E-state index < -0.39 is 18.0 Å². The highest BCUT2D eigenvalue weighted by Crippen LogP contribution is 2.55. The van der Waals surface area contributed by atoms with Crippen LogP contribution in [0.3, 0.4) is 0 Å². The monoisotopic (exact) mass is 326 g/mol. The Hall–Kier alpha value is -3.02. The Morgan fingerprint density at radius 3 is 1.79 bits per heavy atom. The summed E-state index contributed by atoms with van der Waals surface area (Å²) in [5, 5.41) is 9.58. The van der Waals surface area contributed by atoms with Crippen LogP contribution in [-0.4, -0.2) is 23.7 Å². The molecule has 24 heavy (non-hydrogen) atoms. The van der Waals surface area contributed by atoms with Crippen molar-refractivity contribution in [1.29, 1.82) is 0 Å². The number of carboxylic acids is 1. The van der Waals surface area contributed by atoms with Crippen LogP contribution in [0, 0.1) is 5.92 Å². The van der Waals surface area contributed by atoms with Crippen LogP contribution in [0.25, 0.3) is 0 Å². The number of hydrogen-bond donors (Lipinski definition) is 3. The molecule has 0 radical (unpaired) electrons. The van der Waals surface area contributed by atoms with Crippen LogP contribution < -0.4 is 11.5 Å². The predicted molar refractivity (Wildman–Crippen MR) is 89.3 cm³/mol. The van der Waals surface area contributed by atoms with E-state index in [1.807, 2.05) is 24.3 Å². The Morgan fingerprint density at radius 1 is 0.917 bits per heavy atom. The second kappa shape index (κ2) is 6.23. The number of anilines is 2. The molecule has 0 aliphatic heterocycles. The Kier molecular flexibility index (Phi) is 4.12. The third-order valence-corrected chi connectivity index (χ3v) is 4.62. The summed E-state index contributed by atoms with van der Waals surface area (Å²) in [4.78, 5) is 22.6. The molecule has 6 nitrogen and oxygen atoms in total. The van der Waals surface area contributed by atoms with Crippen molar-refractivity contribution >= 4 is 23.8 Å². The standard InChI is InChI=1S/C18H18N2O4/c19-12-5-1-10(2-6-12)14-15(11-3-7-13(20)8-4-11)17(24-9-21)16(14)18(22)23/h1-9,14-17H,19-20H2,(H,22,23)/t14-,15+,16+,17-/m1/s1. The molecule has 0 unspecified atom stereocenters. The maximum atomic E-state index is 11.7. The van der Waals surface area contributed by atoms with Crippen LogP contribution in [0.15, 0.2) is 48.5 Å². The molecule has 3 rings (SSSR count). The fourth-order valence-corrected chi connectivity index (χ4v) is 3.49. The van der Waals surface area contributed by atoms with E-state index in [2.05, 4.69) is 0 Å². The largest absolute Gasteiger partial charge is 0.481 e. The molecular weight excluding hydrogens is 308 g/mol. The van der Waals surface area contributed by atoms with Crippen molar-refractivity contribution in [3.05, 3.63) is 59.7 Å². The van der Waals surface area contributed by atoms with Gasteiger partial charge in [0.05, 0.1) is 0 Å². The molecule has 1 saturated carbocycles. The Morgan fingerprint density at radius 2 is 1.38 bits per heavy atom. The molecule has 2 aromatic carbocycles. The molecule has 5 N–H and O–H groups in total. The van der Waals surface area contributed by atoms with Gasteiger partial charge in [-0.05, 0) is 35.4 Å². The topological polar surface area (TPSA) is 116 Å². The molecule has 0 amide bonds. The third kappa shape index (κ3) is 2.67. The van der Waals surface area contributed by atoms with Crippen LogP contribution in [0.4, 0.5) is 11.4 Å². The minimum Gasteiger partial charge on any atom is -0.481 e. The number of carbonyl (C=O) groups excluding carboxylic acids is 1. The first-order chi connectivity index (χ1) is 11.5. The van der Waals surface area contributed by atoms with Crippen LogP contribution in [0.5, 0.6) is 0 Å². The first kappa shape index (κ1) is 15.9. The minimum atomic E-state index is -0.990. The molecule has 4 atom stereocenters. The summed E-state index contributed by atoms with van der Waals surface area (Å²) in [6.07, 6.45) is -0.717. The number of carbonyl (C=O) groups is 2. The molecule has 1 aliphatic carbocycles. The van der Waals surface area contributed by atoms with Crippen LogP contribution in [0.2, 0.25) is 0 Å². The number of rotatable bonds is 5. The maximum absolute atomic E-state index is 11.7. The van der Waals surface area contributed by atoms with E-state index in [0.29, 0.717) is 17.8 Å². The van der Waals surface area contributed by atoms with Gasteiger partial charge in [0, 0.05) is 23.2 Å². The fourth-order valence-electron chi connectivity index (χ4n) is 3.49. The summed E-state index contributed by atoms with van der Waals surface area (Å²) >= 11 is 0. The quantitative estimate of drug-likeness (QED) is 0.571. The number of hydrogen-bond acceptors (Lipinski definition) is 5. The van der Waals surface area contributed by atoms with Crippen molar-refractivity contribution in [2.75, 3.05) is 11.5 Å². The lowest BCUT2D eigenvalue weighted by atomic mass is 9.57. The van der Waals surface area contributed by atoms with Crippen molar-refractivity contribution in [2.24, 2.45) is 5.92 Å². The lowest BCUT2D eigenvalue weighted by Gasteiger charge is -2.49. The summed E-state index contributed by atoms with van der Waals surface area (Å²) in [6.45, 7) is 0.310. The van der Waals surface area contributed by atoms with E-state index in [0.717, 1.165) is 11.1 Å². The Bertz CT molecular complexity index is 743. The fraction of sp³-hybridized carbons (Fsp3) is 0.222. The second-order valence-corrected chi connectivity index (χ2v) is 5.95. The van der Waals surface area contributed by atoms with Gasteiger partial charge in [-0.1, -0.05) is 24.3 Å². The first-order valence-electron chi connectivity index (χ1n) is 7.55. The van der Waals surface area contributed by atoms with E-state index in [-0.39, 0.29) is 11.8 Å². The predicted octanol–water partition coefficient (Wildman–Crippen LogP) is 1.97. The van der Waals surface area contributed by atoms with Crippen molar-refractivity contribution in [1.82, 2.24) is 0 Å². The van der Waals surface area contributed by atoms with Crippen molar-refractivity contribution in [2.45, 2.75) is 17.9 Å². The second-order valence-electron chi connectivity index (χ2n) is 5.95. The van der Waals surface area contributed by atoms with Gasteiger partial charge in [-0.15, -0.1) is 0 Å². The van der Waals surface area contributed by atoms with Gasteiger partial charge in [-0.3, -0.25) is 9.59 Å². The van der Waals surface area contributed by atoms with E-state index in [9.17, 15) is 14.7 Å². The number of carboxylic acid groups (broad SMARTS) is 1. The zero-order valence-electron chi connectivity index (χ0n) is 12.8. The van der Waals surface area contributed by atoms with E-state index in [4.69, 9.17) is 16.2 Å². The van der Waals surface area contributed by atoms with E-state index in [1.54, 1.807) is 24.3 Å². The van der Waals surface area contributed by atoms with E-state index >= 15 is 0 Å². The molecular formula is C18H18N2O4. The van der Waals surface area contributed by atoms with Gasteiger partial charge >= 0.3 is 5.97 Å². The summed E-state index contributed by atoms with van der Waals surface area (Å²) in [5.41, 5.74) is 14.4. The lowest BCUT2D eigenvalue weighted by Crippen LogP contribution is -2.53. The normalized spacial score (nSPS) is 25.5. The first-order valence-corrected chi connectivity index (χ1v) is 7.55. The molecule has 1 fully saturated rings. The van der Waals surface area contributed by atoms with Gasteiger partial charge < -0.3 is 21.3 Å². The van der Waals surface area contributed by atoms with Crippen LogP contribution >= 0.6 is 0 Å². The summed E-state index contributed by atoms with van der Waals surface area (Å²) in [5.74, 6) is -2.35. The number of nitrogen functional groups attached to an aromatic ring is 2. The molecule has 2 aromatic rings. The van der Waals surface area contributed by atoms with E-state index in [1.165, 1.54) is 0 Å². The molecule has 124 valence electrons. The smallest absolute Gasteiger partial charge is 0.310 e. The number of ether oxygens (including phenoxy) is 1. The van der Waals surface area contributed by atoms with Gasteiger partial charge in [-0.25, -0.2) is 0 Å². The van der Waals surface area contributed by atoms with Gasteiger partial charge in [0.1, 0.15) is 12.0 Å². The summed E-state index contributed by atoms with van der Waals surface area (Å²) in [7, 11) is 0. The molecule has 0 aromatic heterocycles. The van der Waals surface area contributed by atoms with Crippen molar-refractivity contribution in [3.63, 3.8) is 0 Å². The third-order valence-electron chi connectivity index (χ3n) is 4.62. The highest BCUT2D eigenvalue weighted by molar-refractivity contribution is 5.75. The highest BCUT2D eigenvalue weighted by atomic mass is 16.5. The molecule has 0 heterocycles. The van der Waals surface area contributed by atoms with Gasteiger partial charge in [0.25, 0.3) is 6.47 Å². The lowest BCUT2D eigenvalue weighted by molar-refractivity contribution is -0.166. The minimum absolute atomic E-state index is 0.250. The Labute approximate surface area is 139 Å². The average Bonchev–Trinajstić information content (AvgIpc) is 2.54. The summed E-state index contributed by atoms with van der Waals surface area (Å²) in [6, 6.07) is 14.3. The highest BCUT2D eigenvalue weighted by Gasteiger charge is 2.57. The van der Waals surface area contributed by atoms with Crippen LogP contribution in [0.1, 0.15) is 23.0 Å². The number of aliphatic carboxylic acids is 1. The zero-order chi connectivity index (χ0) is 17.3. The zero-order valence-corrected chi connectivity index (χ0v) is 12.8. The average molecular weight is 326 g/mol. The van der Waals surface area contributed by atoms with Crippen molar-refractivity contribution in [3.8, 4) is 0 Å². The van der Waals surface area contributed by atoms with Gasteiger partial charge in [0.15, 0.2) is 0 Å².